The molecule has 0 saturated carbocycles. The van der Waals surface area contributed by atoms with Crippen molar-refractivity contribution in [3.8, 4) is 0 Å². The van der Waals surface area contributed by atoms with Crippen LogP contribution >= 0.6 is 0 Å². The Labute approximate surface area is 82.9 Å². The van der Waals surface area contributed by atoms with E-state index in [4.69, 9.17) is 4.74 Å². The molecule has 1 nitrogen and oxygen atoms in total. The second kappa shape index (κ2) is 4.99. The van der Waals surface area contributed by atoms with E-state index in [0.717, 1.165) is 11.8 Å². The van der Waals surface area contributed by atoms with Crippen molar-refractivity contribution >= 4 is 0 Å². The van der Waals surface area contributed by atoms with Crippen molar-refractivity contribution in [2.24, 2.45) is 11.8 Å². The standard InChI is InChI=1S/C12H24O/c1-5-7-9(3)11(8-6-2)12-10(4)13-12/h9-12H,5-8H2,1-4H3. The molecular weight excluding hydrogens is 160 g/mol. The maximum absolute atomic E-state index is 5.60. The molecular formula is C12H24O. The first-order valence-electron chi connectivity index (χ1n) is 5.86. The van der Waals surface area contributed by atoms with Gasteiger partial charge in [-0.05, 0) is 25.2 Å². The lowest BCUT2D eigenvalue weighted by molar-refractivity contribution is 0.233. The highest BCUT2D eigenvalue weighted by atomic mass is 16.6. The van der Waals surface area contributed by atoms with E-state index in [1.807, 2.05) is 0 Å². The lowest BCUT2D eigenvalue weighted by Gasteiger charge is -2.21. The zero-order chi connectivity index (χ0) is 9.84. The third-order valence-electron chi connectivity index (χ3n) is 3.28. The molecule has 0 aliphatic carbocycles. The number of hydrogen-bond acceptors (Lipinski definition) is 1. The Morgan fingerprint density at radius 2 is 1.69 bits per heavy atom. The average molecular weight is 184 g/mol. The number of epoxide rings is 1. The summed E-state index contributed by atoms with van der Waals surface area (Å²) in [6.07, 6.45) is 6.43. The zero-order valence-corrected chi connectivity index (χ0v) is 9.55. The number of hydrogen-bond donors (Lipinski definition) is 0. The van der Waals surface area contributed by atoms with Gasteiger partial charge in [-0.25, -0.2) is 0 Å². The van der Waals surface area contributed by atoms with Crippen LogP contribution < -0.4 is 0 Å². The third kappa shape index (κ3) is 2.98. The summed E-state index contributed by atoms with van der Waals surface area (Å²) in [6, 6.07) is 0. The highest BCUT2D eigenvalue weighted by molar-refractivity contribution is 4.89. The molecule has 0 amide bonds. The molecule has 78 valence electrons. The van der Waals surface area contributed by atoms with Crippen molar-refractivity contribution in [2.45, 2.75) is 65.6 Å². The van der Waals surface area contributed by atoms with Crippen LogP contribution in [0.25, 0.3) is 0 Å². The fraction of sp³-hybridized carbons (Fsp3) is 1.00. The van der Waals surface area contributed by atoms with E-state index in [2.05, 4.69) is 27.7 Å². The maximum atomic E-state index is 5.60. The second-order valence-electron chi connectivity index (χ2n) is 4.52. The minimum absolute atomic E-state index is 0.538. The number of rotatable bonds is 6. The molecule has 0 N–H and O–H groups in total. The predicted molar refractivity (Wildman–Crippen MR) is 56.8 cm³/mol. The smallest absolute Gasteiger partial charge is 0.0869 e. The molecule has 4 unspecified atom stereocenters. The van der Waals surface area contributed by atoms with Gasteiger partial charge in [0.25, 0.3) is 0 Å². The molecule has 1 heterocycles. The van der Waals surface area contributed by atoms with Crippen molar-refractivity contribution in [3.63, 3.8) is 0 Å². The van der Waals surface area contributed by atoms with Crippen LogP contribution in [-0.2, 0) is 4.74 Å². The molecule has 0 aromatic carbocycles. The molecule has 1 aliphatic rings. The van der Waals surface area contributed by atoms with Crippen molar-refractivity contribution in [1.82, 2.24) is 0 Å². The van der Waals surface area contributed by atoms with Crippen LogP contribution in [0, 0.1) is 11.8 Å². The summed E-state index contributed by atoms with van der Waals surface area (Å²) in [5, 5.41) is 0. The first-order valence-corrected chi connectivity index (χ1v) is 5.86. The first-order chi connectivity index (χ1) is 6.20. The van der Waals surface area contributed by atoms with E-state index in [1.54, 1.807) is 0 Å². The summed E-state index contributed by atoms with van der Waals surface area (Å²) in [5.74, 6) is 1.67. The first kappa shape index (κ1) is 11.0. The Bertz CT molecular complexity index is 144. The van der Waals surface area contributed by atoms with Crippen LogP contribution in [0.5, 0.6) is 0 Å². The summed E-state index contributed by atoms with van der Waals surface area (Å²) < 4.78 is 5.60. The van der Waals surface area contributed by atoms with E-state index in [0.29, 0.717) is 12.2 Å². The second-order valence-corrected chi connectivity index (χ2v) is 4.52. The molecule has 13 heavy (non-hydrogen) atoms. The Balaban J connectivity index is 2.37. The highest BCUT2D eigenvalue weighted by Gasteiger charge is 2.42. The molecule has 0 spiro atoms. The molecule has 0 aromatic rings. The van der Waals surface area contributed by atoms with Gasteiger partial charge in [0.05, 0.1) is 12.2 Å². The Kier molecular flexibility index (Phi) is 4.24. The van der Waals surface area contributed by atoms with Gasteiger partial charge in [0.1, 0.15) is 0 Å². The molecule has 0 aromatic heterocycles. The van der Waals surface area contributed by atoms with E-state index in [1.165, 1.54) is 25.7 Å². The predicted octanol–water partition coefficient (Wildman–Crippen LogP) is 3.63. The van der Waals surface area contributed by atoms with Gasteiger partial charge >= 0.3 is 0 Å². The molecule has 1 saturated heterocycles. The molecule has 1 heteroatoms. The van der Waals surface area contributed by atoms with E-state index in [9.17, 15) is 0 Å². The molecule has 1 aliphatic heterocycles. The summed E-state index contributed by atoms with van der Waals surface area (Å²) in [4.78, 5) is 0. The van der Waals surface area contributed by atoms with E-state index < -0.39 is 0 Å². The molecule has 0 radical (unpaired) electrons. The van der Waals surface area contributed by atoms with E-state index >= 15 is 0 Å². The van der Waals surface area contributed by atoms with Gasteiger partial charge in [0.15, 0.2) is 0 Å². The van der Waals surface area contributed by atoms with Crippen LogP contribution in [0.15, 0.2) is 0 Å². The Morgan fingerprint density at radius 3 is 2.08 bits per heavy atom. The topological polar surface area (TPSA) is 12.5 Å². The minimum Gasteiger partial charge on any atom is -0.370 e. The van der Waals surface area contributed by atoms with Crippen LogP contribution in [0.4, 0.5) is 0 Å². The lowest BCUT2D eigenvalue weighted by Crippen LogP contribution is -2.18. The monoisotopic (exact) mass is 184 g/mol. The van der Waals surface area contributed by atoms with Gasteiger partial charge in [-0.3, -0.25) is 0 Å². The van der Waals surface area contributed by atoms with Crippen molar-refractivity contribution in [3.05, 3.63) is 0 Å². The highest BCUT2D eigenvalue weighted by Crippen LogP contribution is 2.37. The zero-order valence-electron chi connectivity index (χ0n) is 9.55. The van der Waals surface area contributed by atoms with Crippen molar-refractivity contribution in [2.75, 3.05) is 0 Å². The molecule has 0 bridgehead atoms. The Hall–Kier alpha value is -0.0400. The molecule has 1 fully saturated rings. The van der Waals surface area contributed by atoms with Crippen LogP contribution in [-0.4, -0.2) is 12.2 Å². The van der Waals surface area contributed by atoms with Gasteiger partial charge < -0.3 is 4.74 Å². The van der Waals surface area contributed by atoms with E-state index in [-0.39, 0.29) is 0 Å². The molecule has 4 atom stereocenters. The van der Waals surface area contributed by atoms with Gasteiger partial charge in [-0.15, -0.1) is 0 Å². The summed E-state index contributed by atoms with van der Waals surface area (Å²) in [6.45, 7) is 9.14. The van der Waals surface area contributed by atoms with Crippen molar-refractivity contribution in [1.29, 1.82) is 0 Å². The fourth-order valence-corrected chi connectivity index (χ4v) is 2.43. The lowest BCUT2D eigenvalue weighted by atomic mass is 9.83. The van der Waals surface area contributed by atoms with Gasteiger partial charge in [0, 0.05) is 0 Å². The quantitative estimate of drug-likeness (QED) is 0.574. The van der Waals surface area contributed by atoms with Crippen molar-refractivity contribution < 1.29 is 4.74 Å². The maximum Gasteiger partial charge on any atom is 0.0869 e. The average Bonchev–Trinajstić information content (AvgIpc) is 2.78. The largest absolute Gasteiger partial charge is 0.370 e. The van der Waals surface area contributed by atoms with Gasteiger partial charge in [-0.1, -0.05) is 40.0 Å². The van der Waals surface area contributed by atoms with Crippen LogP contribution in [0.2, 0.25) is 0 Å². The Morgan fingerprint density at radius 1 is 1.15 bits per heavy atom. The minimum atomic E-state index is 0.538. The molecule has 1 rings (SSSR count). The fourth-order valence-electron chi connectivity index (χ4n) is 2.43. The van der Waals surface area contributed by atoms with Crippen LogP contribution in [0.1, 0.15) is 53.4 Å². The normalized spacial score (nSPS) is 31.4. The van der Waals surface area contributed by atoms with Gasteiger partial charge in [-0.2, -0.15) is 0 Å². The van der Waals surface area contributed by atoms with Crippen LogP contribution in [0.3, 0.4) is 0 Å². The third-order valence-corrected chi connectivity index (χ3v) is 3.28. The van der Waals surface area contributed by atoms with Gasteiger partial charge in [0.2, 0.25) is 0 Å². The number of ether oxygens (including phenoxy) is 1. The SMILES string of the molecule is CCCC(C)C(CCC)C1OC1C. The summed E-state index contributed by atoms with van der Waals surface area (Å²) in [7, 11) is 0. The summed E-state index contributed by atoms with van der Waals surface area (Å²) >= 11 is 0. The summed E-state index contributed by atoms with van der Waals surface area (Å²) in [5.41, 5.74) is 0.